The van der Waals surface area contributed by atoms with E-state index >= 15 is 0 Å². The first-order valence-electron chi connectivity index (χ1n) is 12.1. The Morgan fingerprint density at radius 3 is 2.44 bits per heavy atom. The molecule has 1 aliphatic rings. The number of carbonyl (C=O) groups excluding carboxylic acids is 1. The quantitative estimate of drug-likeness (QED) is 0.408. The van der Waals surface area contributed by atoms with Crippen molar-refractivity contribution >= 4 is 11.6 Å². The largest absolute Gasteiger partial charge is 0.497 e. The lowest BCUT2D eigenvalue weighted by Gasteiger charge is -2.28. The predicted octanol–water partition coefficient (Wildman–Crippen LogP) is 4.17. The maximum Gasteiger partial charge on any atom is 0.277 e. The number of rotatable bonds is 8. The average Bonchev–Trinajstić information content (AvgIpc) is 3.35. The lowest BCUT2D eigenvalue weighted by Crippen LogP contribution is -2.38. The molecule has 0 spiro atoms. The van der Waals surface area contributed by atoms with E-state index in [1.165, 1.54) is 5.56 Å². The molecule has 4 aromatic rings. The number of hydrogen-bond acceptors (Lipinski definition) is 5. The van der Waals surface area contributed by atoms with Gasteiger partial charge in [0.1, 0.15) is 11.4 Å². The van der Waals surface area contributed by atoms with Gasteiger partial charge in [-0.2, -0.15) is 5.10 Å². The van der Waals surface area contributed by atoms with Crippen LogP contribution in [0.2, 0.25) is 0 Å². The summed E-state index contributed by atoms with van der Waals surface area (Å²) >= 11 is 0. The molecule has 1 N–H and O–H groups in total. The Hall–Kier alpha value is -3.94. The normalized spacial score (nSPS) is 13.2. The second kappa shape index (κ2) is 10.4. The molecule has 2 heterocycles. The summed E-state index contributed by atoms with van der Waals surface area (Å²) in [6.07, 6.45) is 2.54. The number of ether oxygens (including phenoxy) is 1. The van der Waals surface area contributed by atoms with Crippen LogP contribution in [0.4, 0.5) is 5.69 Å². The van der Waals surface area contributed by atoms with E-state index in [4.69, 9.17) is 4.74 Å². The number of hydrogen-bond donors (Lipinski definition) is 1. The standard InChI is InChI=1S/C29H30N4O3/c1-31(17-18-34)20-23-5-3-4-6-27(23)21-7-9-24(10-8-21)32-16-15-22-19-30-33(28(22)29(32)35)25-11-13-26(36-2)14-12-25/h3-14,19,34H,15-18,20H2,1-2H3. The average molecular weight is 483 g/mol. The van der Waals surface area contributed by atoms with Crippen LogP contribution in [0.1, 0.15) is 21.6 Å². The van der Waals surface area contributed by atoms with Crippen molar-refractivity contribution in [2.24, 2.45) is 0 Å². The van der Waals surface area contributed by atoms with Crippen LogP contribution in [-0.2, 0) is 13.0 Å². The maximum absolute atomic E-state index is 13.6. The number of carbonyl (C=O) groups is 1. The Balaban J connectivity index is 1.40. The third-order valence-corrected chi connectivity index (χ3v) is 6.64. The number of anilines is 1. The molecule has 7 heteroatoms. The second-order valence-electron chi connectivity index (χ2n) is 9.00. The van der Waals surface area contributed by atoms with E-state index in [0.29, 0.717) is 18.8 Å². The molecule has 0 aliphatic carbocycles. The Morgan fingerprint density at radius 2 is 1.72 bits per heavy atom. The van der Waals surface area contributed by atoms with Crippen LogP contribution in [0.25, 0.3) is 16.8 Å². The highest BCUT2D eigenvalue weighted by atomic mass is 16.5. The number of benzene rings is 3. The number of fused-ring (bicyclic) bond motifs is 1. The highest BCUT2D eigenvalue weighted by molar-refractivity contribution is 6.07. The molecule has 7 nitrogen and oxygen atoms in total. The molecule has 0 radical (unpaired) electrons. The highest BCUT2D eigenvalue weighted by Gasteiger charge is 2.30. The summed E-state index contributed by atoms with van der Waals surface area (Å²) in [4.78, 5) is 17.5. The van der Waals surface area contributed by atoms with E-state index < -0.39 is 0 Å². The SMILES string of the molecule is COc1ccc(-n2ncc3c2C(=O)N(c2ccc(-c4ccccc4CN(C)CCO)cc2)CC3)cc1. The third kappa shape index (κ3) is 4.63. The third-order valence-electron chi connectivity index (χ3n) is 6.64. The fourth-order valence-electron chi connectivity index (χ4n) is 4.72. The van der Waals surface area contributed by atoms with Crippen molar-refractivity contribution in [1.82, 2.24) is 14.7 Å². The monoisotopic (exact) mass is 482 g/mol. The van der Waals surface area contributed by atoms with E-state index in [1.807, 2.05) is 60.5 Å². The van der Waals surface area contributed by atoms with Gasteiger partial charge in [-0.3, -0.25) is 9.69 Å². The fourth-order valence-corrected chi connectivity index (χ4v) is 4.72. The van der Waals surface area contributed by atoms with Gasteiger partial charge in [0.2, 0.25) is 0 Å². The number of amides is 1. The van der Waals surface area contributed by atoms with Crippen molar-refractivity contribution < 1.29 is 14.6 Å². The van der Waals surface area contributed by atoms with E-state index in [9.17, 15) is 9.90 Å². The van der Waals surface area contributed by atoms with Gasteiger partial charge in [-0.1, -0.05) is 36.4 Å². The molecular weight excluding hydrogens is 452 g/mol. The minimum atomic E-state index is -0.0525. The maximum atomic E-state index is 13.6. The Labute approximate surface area is 211 Å². The van der Waals surface area contributed by atoms with E-state index in [0.717, 1.165) is 46.8 Å². The molecule has 36 heavy (non-hydrogen) atoms. The van der Waals surface area contributed by atoms with Crippen molar-refractivity contribution in [3.8, 4) is 22.6 Å². The van der Waals surface area contributed by atoms with Gasteiger partial charge < -0.3 is 14.7 Å². The summed E-state index contributed by atoms with van der Waals surface area (Å²) in [5.74, 6) is 0.706. The molecule has 0 unspecified atom stereocenters. The molecule has 1 aliphatic heterocycles. The van der Waals surface area contributed by atoms with Gasteiger partial charge in [-0.15, -0.1) is 0 Å². The second-order valence-corrected chi connectivity index (χ2v) is 9.00. The molecule has 5 rings (SSSR count). The first kappa shape index (κ1) is 23.8. The van der Waals surface area contributed by atoms with Crippen molar-refractivity contribution in [3.63, 3.8) is 0 Å². The summed E-state index contributed by atoms with van der Waals surface area (Å²) in [5, 5.41) is 13.8. The first-order chi connectivity index (χ1) is 17.6. The lowest BCUT2D eigenvalue weighted by molar-refractivity contribution is 0.0973. The number of likely N-dealkylation sites (N-methyl/N-ethyl adjacent to an activating group) is 1. The van der Waals surface area contributed by atoms with Crippen molar-refractivity contribution in [3.05, 3.63) is 95.8 Å². The highest BCUT2D eigenvalue weighted by Crippen LogP contribution is 2.30. The van der Waals surface area contributed by atoms with E-state index in [-0.39, 0.29) is 12.5 Å². The zero-order valence-electron chi connectivity index (χ0n) is 20.6. The van der Waals surface area contributed by atoms with Crippen molar-refractivity contribution in [1.29, 1.82) is 0 Å². The molecule has 0 atom stereocenters. The van der Waals surface area contributed by atoms with Gasteiger partial charge >= 0.3 is 0 Å². The zero-order chi connectivity index (χ0) is 25.1. The predicted molar refractivity (Wildman–Crippen MR) is 141 cm³/mol. The van der Waals surface area contributed by atoms with Crippen LogP contribution in [0, 0.1) is 0 Å². The molecule has 0 fully saturated rings. The van der Waals surface area contributed by atoms with Crippen LogP contribution in [0.5, 0.6) is 5.75 Å². The van der Waals surface area contributed by atoms with Gasteiger partial charge in [-0.05, 0) is 66.6 Å². The lowest BCUT2D eigenvalue weighted by atomic mass is 9.98. The van der Waals surface area contributed by atoms with Crippen molar-refractivity contribution in [2.75, 3.05) is 38.8 Å². The Kier molecular flexibility index (Phi) is 6.84. The summed E-state index contributed by atoms with van der Waals surface area (Å²) in [7, 11) is 3.63. The van der Waals surface area contributed by atoms with Gasteiger partial charge in [-0.25, -0.2) is 4.68 Å². The number of methoxy groups -OCH3 is 1. The van der Waals surface area contributed by atoms with Crippen molar-refractivity contribution in [2.45, 2.75) is 13.0 Å². The number of nitrogens with zero attached hydrogens (tertiary/aromatic N) is 4. The Bertz CT molecular complexity index is 1350. The topological polar surface area (TPSA) is 70.8 Å². The first-order valence-corrected chi connectivity index (χ1v) is 12.1. The van der Waals surface area contributed by atoms with Gasteiger partial charge in [0.05, 0.1) is 25.6 Å². The fraction of sp³-hybridized carbons (Fsp3) is 0.241. The minimum absolute atomic E-state index is 0.0525. The number of aromatic nitrogens is 2. The number of aliphatic hydroxyl groups is 1. The van der Waals surface area contributed by atoms with Crippen LogP contribution < -0.4 is 9.64 Å². The zero-order valence-corrected chi connectivity index (χ0v) is 20.6. The van der Waals surface area contributed by atoms with Crippen LogP contribution in [0.3, 0.4) is 0 Å². The van der Waals surface area contributed by atoms with Gasteiger partial charge in [0.15, 0.2) is 0 Å². The molecule has 0 bridgehead atoms. The summed E-state index contributed by atoms with van der Waals surface area (Å²) < 4.78 is 6.98. The molecule has 0 saturated heterocycles. The molecular formula is C29H30N4O3. The minimum Gasteiger partial charge on any atom is -0.497 e. The molecule has 1 amide bonds. The molecule has 1 aromatic heterocycles. The summed E-state index contributed by atoms with van der Waals surface area (Å²) in [6, 6.07) is 24.0. The Morgan fingerprint density at radius 1 is 1.00 bits per heavy atom. The molecule has 184 valence electrons. The van der Waals surface area contributed by atoms with Crippen LogP contribution in [0.15, 0.2) is 79.0 Å². The van der Waals surface area contributed by atoms with E-state index in [2.05, 4.69) is 34.3 Å². The van der Waals surface area contributed by atoms with Crippen LogP contribution in [-0.4, -0.2) is 59.5 Å². The number of aliphatic hydroxyl groups excluding tert-OH is 1. The smallest absolute Gasteiger partial charge is 0.277 e. The van der Waals surface area contributed by atoms with E-state index in [1.54, 1.807) is 18.0 Å². The molecule has 0 saturated carbocycles. The van der Waals surface area contributed by atoms with Gasteiger partial charge in [0, 0.05) is 30.9 Å². The molecule has 3 aromatic carbocycles. The van der Waals surface area contributed by atoms with Crippen LogP contribution >= 0.6 is 0 Å². The summed E-state index contributed by atoms with van der Waals surface area (Å²) in [5.41, 5.74) is 6.71. The van der Waals surface area contributed by atoms with Gasteiger partial charge in [0.25, 0.3) is 5.91 Å². The summed E-state index contributed by atoms with van der Waals surface area (Å²) in [6.45, 7) is 2.12.